The van der Waals surface area contributed by atoms with Crippen molar-refractivity contribution in [2.45, 2.75) is 58.7 Å². The van der Waals surface area contributed by atoms with Gasteiger partial charge in [0.2, 0.25) is 0 Å². The molecule has 2 heterocycles. The molecule has 0 saturated carbocycles. The highest BCUT2D eigenvalue weighted by Gasteiger charge is 2.31. The predicted octanol–water partition coefficient (Wildman–Crippen LogP) is 3.50. The molecular weight excluding hydrogens is 363 g/mol. The summed E-state index contributed by atoms with van der Waals surface area (Å²) >= 11 is 0. The topological polar surface area (TPSA) is 76.5 Å². The Morgan fingerprint density at radius 3 is 2.68 bits per heavy atom. The zero-order valence-corrected chi connectivity index (χ0v) is 17.0. The van der Waals surface area contributed by atoms with Crippen molar-refractivity contribution in [2.24, 2.45) is 0 Å². The Morgan fingerprint density at radius 2 is 2.04 bits per heavy atom. The van der Waals surface area contributed by atoms with Crippen LogP contribution in [0.1, 0.15) is 57.6 Å². The van der Waals surface area contributed by atoms with Gasteiger partial charge in [0, 0.05) is 30.6 Å². The molecule has 2 aromatic rings. The van der Waals surface area contributed by atoms with Crippen LogP contribution in [0.25, 0.3) is 10.9 Å². The highest BCUT2D eigenvalue weighted by atomic mass is 19.1. The molecular formula is C20H27FN4O3. The van der Waals surface area contributed by atoms with Crippen LogP contribution >= 0.6 is 0 Å². The van der Waals surface area contributed by atoms with Crippen LogP contribution in [-0.4, -0.2) is 51.4 Å². The van der Waals surface area contributed by atoms with Crippen molar-refractivity contribution in [2.75, 3.05) is 13.1 Å². The van der Waals surface area contributed by atoms with Gasteiger partial charge in [-0.3, -0.25) is 9.48 Å². The molecule has 1 aliphatic rings. The second-order valence-electron chi connectivity index (χ2n) is 8.43. The van der Waals surface area contributed by atoms with Crippen molar-refractivity contribution < 1.29 is 18.7 Å². The van der Waals surface area contributed by atoms with E-state index >= 15 is 0 Å². The van der Waals surface area contributed by atoms with Gasteiger partial charge in [-0.15, -0.1) is 0 Å². The SMILES string of the molecule is CC(C)n1nc(C(=O)NC2CCN(C(=O)OC(C)(C)C)C2)c2cc(F)ccc21. The zero-order valence-electron chi connectivity index (χ0n) is 17.0. The Kier molecular flexibility index (Phi) is 5.32. The third-order valence-electron chi connectivity index (χ3n) is 4.55. The van der Waals surface area contributed by atoms with E-state index in [1.54, 1.807) is 15.6 Å². The summed E-state index contributed by atoms with van der Waals surface area (Å²) in [6, 6.07) is 4.16. The molecule has 152 valence electrons. The van der Waals surface area contributed by atoms with Gasteiger partial charge in [-0.25, -0.2) is 9.18 Å². The number of fused-ring (bicyclic) bond motifs is 1. The molecule has 0 spiro atoms. The number of hydrogen-bond acceptors (Lipinski definition) is 4. The molecule has 1 aliphatic heterocycles. The van der Waals surface area contributed by atoms with E-state index in [1.165, 1.54) is 12.1 Å². The number of rotatable bonds is 3. The molecule has 1 fully saturated rings. The summed E-state index contributed by atoms with van der Waals surface area (Å²) in [5.41, 5.74) is 0.340. The number of likely N-dealkylation sites (tertiary alicyclic amines) is 1. The van der Waals surface area contributed by atoms with Crippen LogP contribution in [0.4, 0.5) is 9.18 Å². The van der Waals surface area contributed by atoms with E-state index in [2.05, 4.69) is 10.4 Å². The maximum atomic E-state index is 13.7. The Morgan fingerprint density at radius 1 is 1.32 bits per heavy atom. The summed E-state index contributed by atoms with van der Waals surface area (Å²) in [5.74, 6) is -0.784. The minimum Gasteiger partial charge on any atom is -0.444 e. The van der Waals surface area contributed by atoms with E-state index in [0.717, 1.165) is 0 Å². The first-order valence-electron chi connectivity index (χ1n) is 9.51. The second kappa shape index (κ2) is 7.41. The highest BCUT2D eigenvalue weighted by Crippen LogP contribution is 2.23. The molecule has 1 aromatic carbocycles. The number of hydrogen-bond donors (Lipinski definition) is 1. The summed E-state index contributed by atoms with van der Waals surface area (Å²) in [6.07, 6.45) is 0.239. The summed E-state index contributed by atoms with van der Waals surface area (Å²) < 4.78 is 20.8. The Hall–Kier alpha value is -2.64. The van der Waals surface area contributed by atoms with Gasteiger partial charge >= 0.3 is 6.09 Å². The van der Waals surface area contributed by atoms with Crippen LogP contribution in [0.3, 0.4) is 0 Å². The van der Waals surface area contributed by atoms with Crippen LogP contribution in [0, 0.1) is 5.82 Å². The summed E-state index contributed by atoms with van der Waals surface area (Å²) in [5, 5.41) is 7.81. The van der Waals surface area contributed by atoms with Crippen molar-refractivity contribution in [3.05, 3.63) is 29.7 Å². The predicted molar refractivity (Wildman–Crippen MR) is 104 cm³/mol. The molecule has 1 unspecified atom stereocenters. The zero-order chi connectivity index (χ0) is 20.6. The fourth-order valence-corrected chi connectivity index (χ4v) is 3.30. The molecule has 1 aromatic heterocycles. The fraction of sp³-hybridized carbons (Fsp3) is 0.550. The van der Waals surface area contributed by atoms with Gasteiger partial charge in [0.05, 0.1) is 5.52 Å². The smallest absolute Gasteiger partial charge is 0.410 e. The minimum atomic E-state index is -0.564. The quantitative estimate of drug-likeness (QED) is 0.870. The molecule has 1 saturated heterocycles. The van der Waals surface area contributed by atoms with Gasteiger partial charge in [0.25, 0.3) is 5.91 Å². The number of carbonyl (C=O) groups excluding carboxylic acids is 2. The van der Waals surface area contributed by atoms with Gasteiger partial charge in [-0.1, -0.05) is 0 Å². The first-order valence-corrected chi connectivity index (χ1v) is 9.51. The number of amides is 2. The Bertz CT molecular complexity index is 901. The molecule has 3 rings (SSSR count). The molecule has 7 nitrogen and oxygen atoms in total. The van der Waals surface area contributed by atoms with Gasteiger partial charge in [-0.05, 0) is 59.2 Å². The largest absolute Gasteiger partial charge is 0.444 e. The Labute approximate surface area is 163 Å². The average Bonchev–Trinajstić information content (AvgIpc) is 3.17. The van der Waals surface area contributed by atoms with Gasteiger partial charge in [0.1, 0.15) is 11.4 Å². The number of halogens is 1. The number of benzene rings is 1. The molecule has 2 amide bonds. The van der Waals surface area contributed by atoms with E-state index < -0.39 is 11.4 Å². The number of aromatic nitrogens is 2. The van der Waals surface area contributed by atoms with Crippen LogP contribution in [0.2, 0.25) is 0 Å². The van der Waals surface area contributed by atoms with Crippen LogP contribution in [0.5, 0.6) is 0 Å². The lowest BCUT2D eigenvalue weighted by Gasteiger charge is -2.24. The summed E-state index contributed by atoms with van der Waals surface area (Å²) in [4.78, 5) is 26.6. The van der Waals surface area contributed by atoms with Crippen LogP contribution in [0.15, 0.2) is 18.2 Å². The number of carbonyl (C=O) groups is 2. The summed E-state index contributed by atoms with van der Waals surface area (Å²) in [7, 11) is 0. The third-order valence-corrected chi connectivity index (χ3v) is 4.55. The lowest BCUT2D eigenvalue weighted by molar-refractivity contribution is 0.0290. The molecule has 0 bridgehead atoms. The van der Waals surface area contributed by atoms with E-state index in [1.807, 2.05) is 34.6 Å². The lowest BCUT2D eigenvalue weighted by atomic mass is 10.1. The normalized spacial score (nSPS) is 17.4. The van der Waals surface area contributed by atoms with Crippen molar-refractivity contribution in [1.82, 2.24) is 20.0 Å². The van der Waals surface area contributed by atoms with Gasteiger partial charge in [0.15, 0.2) is 5.69 Å². The fourth-order valence-electron chi connectivity index (χ4n) is 3.30. The third kappa shape index (κ3) is 4.26. The molecule has 1 N–H and O–H groups in total. The number of ether oxygens (including phenoxy) is 1. The highest BCUT2D eigenvalue weighted by molar-refractivity contribution is 6.05. The van der Waals surface area contributed by atoms with Gasteiger partial charge in [-0.2, -0.15) is 5.10 Å². The molecule has 28 heavy (non-hydrogen) atoms. The van der Waals surface area contributed by atoms with Crippen LogP contribution in [-0.2, 0) is 4.74 Å². The van der Waals surface area contributed by atoms with E-state index in [9.17, 15) is 14.0 Å². The molecule has 0 aliphatic carbocycles. The Balaban J connectivity index is 1.74. The molecule has 8 heteroatoms. The van der Waals surface area contributed by atoms with Crippen LogP contribution < -0.4 is 5.32 Å². The van der Waals surface area contributed by atoms with Crippen molar-refractivity contribution >= 4 is 22.9 Å². The first-order chi connectivity index (χ1) is 13.0. The maximum Gasteiger partial charge on any atom is 0.410 e. The van der Waals surface area contributed by atoms with E-state index in [4.69, 9.17) is 4.74 Å². The summed E-state index contributed by atoms with van der Waals surface area (Å²) in [6.45, 7) is 10.2. The minimum absolute atomic E-state index is 0.0312. The van der Waals surface area contributed by atoms with E-state index in [0.29, 0.717) is 30.4 Å². The molecule has 0 radical (unpaired) electrons. The van der Waals surface area contributed by atoms with Crippen molar-refractivity contribution in [3.8, 4) is 0 Å². The second-order valence-corrected chi connectivity index (χ2v) is 8.43. The number of nitrogens with zero attached hydrogens (tertiary/aromatic N) is 3. The van der Waals surface area contributed by atoms with Crippen molar-refractivity contribution in [1.29, 1.82) is 0 Å². The van der Waals surface area contributed by atoms with E-state index in [-0.39, 0.29) is 29.8 Å². The van der Waals surface area contributed by atoms with Crippen molar-refractivity contribution in [3.63, 3.8) is 0 Å². The lowest BCUT2D eigenvalue weighted by Crippen LogP contribution is -2.40. The average molecular weight is 390 g/mol. The standard InChI is InChI=1S/C20H27FN4O3/c1-12(2)25-16-7-6-13(21)10-15(16)17(23-25)18(26)22-14-8-9-24(11-14)19(27)28-20(3,4)5/h6-7,10,12,14H,8-9,11H2,1-5H3,(H,22,26). The monoisotopic (exact) mass is 390 g/mol. The maximum absolute atomic E-state index is 13.7. The number of nitrogens with one attached hydrogen (secondary N) is 1. The first kappa shape index (κ1) is 20.1. The van der Waals surface area contributed by atoms with Gasteiger partial charge < -0.3 is 15.0 Å². The molecule has 1 atom stereocenters.